The first kappa shape index (κ1) is 6.62. The lowest BCUT2D eigenvalue weighted by Crippen LogP contribution is -2.43. The molecule has 0 aromatic rings. The van der Waals surface area contributed by atoms with E-state index in [1.807, 2.05) is 0 Å². The zero-order valence-corrected chi connectivity index (χ0v) is 6.27. The smallest absolute Gasteiger partial charge is 0.0914 e. The molecule has 1 saturated heterocycles. The fourth-order valence-corrected chi connectivity index (χ4v) is 1.61. The van der Waals surface area contributed by atoms with E-state index in [1.165, 1.54) is 19.3 Å². The Kier molecular flexibility index (Phi) is 1.66. The summed E-state index contributed by atoms with van der Waals surface area (Å²) in [5, 5.41) is 0. The fourth-order valence-electron chi connectivity index (χ4n) is 1.61. The third kappa shape index (κ3) is 1.06. The van der Waals surface area contributed by atoms with Crippen molar-refractivity contribution in [2.75, 3.05) is 19.8 Å². The van der Waals surface area contributed by atoms with Gasteiger partial charge in [-0.05, 0) is 25.7 Å². The summed E-state index contributed by atoms with van der Waals surface area (Å²) in [5.74, 6) is 0. The van der Waals surface area contributed by atoms with Gasteiger partial charge in [-0.15, -0.1) is 0 Å². The third-order valence-electron chi connectivity index (χ3n) is 2.47. The van der Waals surface area contributed by atoms with Gasteiger partial charge in [0.1, 0.15) is 0 Å². The molecule has 58 valence electrons. The highest BCUT2D eigenvalue weighted by molar-refractivity contribution is 4.90. The Balaban J connectivity index is 1.92. The molecule has 0 atom stereocenters. The van der Waals surface area contributed by atoms with Crippen LogP contribution in [0, 0.1) is 0 Å². The van der Waals surface area contributed by atoms with Crippen LogP contribution in [-0.2, 0) is 9.47 Å². The summed E-state index contributed by atoms with van der Waals surface area (Å²) < 4.78 is 11.1. The van der Waals surface area contributed by atoms with Crippen molar-refractivity contribution in [3.63, 3.8) is 0 Å². The largest absolute Gasteiger partial charge is 0.378 e. The molecular weight excluding hydrogens is 128 g/mol. The summed E-state index contributed by atoms with van der Waals surface area (Å²) >= 11 is 0. The van der Waals surface area contributed by atoms with Crippen molar-refractivity contribution in [2.45, 2.75) is 31.3 Å². The van der Waals surface area contributed by atoms with Gasteiger partial charge in [-0.1, -0.05) is 0 Å². The van der Waals surface area contributed by atoms with Gasteiger partial charge in [-0.2, -0.15) is 0 Å². The first-order chi connectivity index (χ1) is 4.91. The van der Waals surface area contributed by atoms with Crippen LogP contribution >= 0.6 is 0 Å². The van der Waals surface area contributed by atoms with Crippen LogP contribution in [0.2, 0.25) is 0 Å². The highest BCUT2D eigenvalue weighted by Gasteiger charge is 2.39. The highest BCUT2D eigenvalue weighted by Crippen LogP contribution is 2.36. The van der Waals surface area contributed by atoms with Crippen molar-refractivity contribution in [1.29, 1.82) is 0 Å². The Hall–Kier alpha value is -0.0800. The summed E-state index contributed by atoms with van der Waals surface area (Å²) in [6, 6.07) is 0. The summed E-state index contributed by atoms with van der Waals surface area (Å²) in [5.41, 5.74) is 0.163. The minimum absolute atomic E-state index is 0.163. The van der Waals surface area contributed by atoms with Gasteiger partial charge < -0.3 is 9.47 Å². The lowest BCUT2D eigenvalue weighted by atomic mass is 9.81. The molecule has 1 spiro atoms. The second-order valence-electron chi connectivity index (χ2n) is 3.29. The van der Waals surface area contributed by atoms with Crippen molar-refractivity contribution >= 4 is 0 Å². The Labute approximate surface area is 61.5 Å². The molecule has 0 amide bonds. The minimum atomic E-state index is 0.163. The van der Waals surface area contributed by atoms with E-state index < -0.39 is 0 Å². The quantitative estimate of drug-likeness (QED) is 0.508. The van der Waals surface area contributed by atoms with E-state index in [0.29, 0.717) is 0 Å². The molecule has 2 nitrogen and oxygen atoms in total. The van der Waals surface area contributed by atoms with Crippen molar-refractivity contribution in [3.05, 3.63) is 0 Å². The van der Waals surface area contributed by atoms with Gasteiger partial charge in [-0.3, -0.25) is 0 Å². The van der Waals surface area contributed by atoms with Crippen LogP contribution in [0.1, 0.15) is 25.7 Å². The Morgan fingerprint density at radius 1 is 1.00 bits per heavy atom. The molecule has 1 aliphatic heterocycles. The van der Waals surface area contributed by atoms with E-state index in [1.54, 1.807) is 0 Å². The van der Waals surface area contributed by atoms with Crippen molar-refractivity contribution < 1.29 is 9.47 Å². The fraction of sp³-hybridized carbons (Fsp3) is 1.00. The van der Waals surface area contributed by atoms with Crippen molar-refractivity contribution in [1.82, 2.24) is 0 Å². The Morgan fingerprint density at radius 2 is 1.90 bits per heavy atom. The molecule has 0 radical (unpaired) electrons. The predicted molar refractivity (Wildman–Crippen MR) is 38.0 cm³/mol. The zero-order chi connectivity index (χ0) is 6.86. The maximum absolute atomic E-state index is 5.70. The van der Waals surface area contributed by atoms with Gasteiger partial charge in [0.2, 0.25) is 0 Å². The maximum Gasteiger partial charge on any atom is 0.0914 e. The molecule has 0 aromatic carbocycles. The van der Waals surface area contributed by atoms with E-state index in [4.69, 9.17) is 9.47 Å². The number of hydrogen-bond donors (Lipinski definition) is 0. The molecule has 10 heavy (non-hydrogen) atoms. The minimum Gasteiger partial charge on any atom is -0.378 e. The molecule has 0 bridgehead atoms. The predicted octanol–water partition coefficient (Wildman–Crippen LogP) is 1.35. The van der Waals surface area contributed by atoms with Crippen LogP contribution in [0.3, 0.4) is 0 Å². The topological polar surface area (TPSA) is 18.5 Å². The van der Waals surface area contributed by atoms with E-state index in [0.717, 1.165) is 26.2 Å². The standard InChI is InChI=1S/C8H14O2/c1-3-8(4-1)7-9-5-2-6-10-8/h1-7H2. The van der Waals surface area contributed by atoms with Gasteiger partial charge in [0.05, 0.1) is 12.2 Å². The molecular formula is C8H14O2. The van der Waals surface area contributed by atoms with E-state index in [9.17, 15) is 0 Å². The van der Waals surface area contributed by atoms with Gasteiger partial charge in [0, 0.05) is 13.2 Å². The molecule has 0 N–H and O–H groups in total. The van der Waals surface area contributed by atoms with E-state index in [2.05, 4.69) is 0 Å². The van der Waals surface area contributed by atoms with Crippen molar-refractivity contribution in [2.24, 2.45) is 0 Å². The maximum atomic E-state index is 5.70. The van der Waals surface area contributed by atoms with Gasteiger partial charge >= 0.3 is 0 Å². The lowest BCUT2D eigenvalue weighted by Gasteiger charge is -2.39. The lowest BCUT2D eigenvalue weighted by molar-refractivity contribution is -0.118. The van der Waals surface area contributed by atoms with E-state index in [-0.39, 0.29) is 5.60 Å². The zero-order valence-electron chi connectivity index (χ0n) is 6.27. The summed E-state index contributed by atoms with van der Waals surface area (Å²) in [7, 11) is 0. The Bertz CT molecular complexity index is 108. The van der Waals surface area contributed by atoms with Gasteiger partial charge in [-0.25, -0.2) is 0 Å². The molecule has 0 unspecified atom stereocenters. The van der Waals surface area contributed by atoms with Gasteiger partial charge in [0.25, 0.3) is 0 Å². The molecule has 1 heterocycles. The molecule has 1 aliphatic carbocycles. The van der Waals surface area contributed by atoms with Crippen LogP contribution in [0.25, 0.3) is 0 Å². The highest BCUT2D eigenvalue weighted by atomic mass is 16.6. The van der Waals surface area contributed by atoms with Crippen molar-refractivity contribution in [3.8, 4) is 0 Å². The SMILES string of the molecule is C1COCC2(CCC2)OC1. The van der Waals surface area contributed by atoms with Crippen LogP contribution in [0.5, 0.6) is 0 Å². The number of rotatable bonds is 0. The second kappa shape index (κ2) is 2.51. The summed E-state index contributed by atoms with van der Waals surface area (Å²) in [4.78, 5) is 0. The molecule has 2 heteroatoms. The summed E-state index contributed by atoms with van der Waals surface area (Å²) in [6.45, 7) is 2.63. The average Bonchev–Trinajstić information content (AvgIpc) is 2.08. The van der Waals surface area contributed by atoms with Crippen LogP contribution in [0.4, 0.5) is 0 Å². The average molecular weight is 142 g/mol. The summed E-state index contributed by atoms with van der Waals surface area (Å²) in [6.07, 6.45) is 4.82. The second-order valence-corrected chi connectivity index (χ2v) is 3.29. The Morgan fingerprint density at radius 3 is 2.60 bits per heavy atom. The molecule has 1 saturated carbocycles. The third-order valence-corrected chi connectivity index (χ3v) is 2.47. The normalized spacial score (nSPS) is 31.2. The monoisotopic (exact) mass is 142 g/mol. The number of hydrogen-bond acceptors (Lipinski definition) is 2. The first-order valence-electron chi connectivity index (χ1n) is 4.13. The first-order valence-corrected chi connectivity index (χ1v) is 4.13. The molecule has 2 rings (SSSR count). The van der Waals surface area contributed by atoms with Crippen LogP contribution in [-0.4, -0.2) is 25.4 Å². The van der Waals surface area contributed by atoms with E-state index >= 15 is 0 Å². The van der Waals surface area contributed by atoms with Crippen LogP contribution in [0.15, 0.2) is 0 Å². The van der Waals surface area contributed by atoms with Gasteiger partial charge in [0.15, 0.2) is 0 Å². The van der Waals surface area contributed by atoms with Crippen LogP contribution < -0.4 is 0 Å². The molecule has 2 fully saturated rings. The molecule has 0 aromatic heterocycles. The molecule has 2 aliphatic rings. The number of ether oxygens (including phenoxy) is 2.